The monoisotopic (exact) mass is 422 g/mol. The van der Waals surface area contributed by atoms with Gasteiger partial charge in [-0.1, -0.05) is 15.9 Å². The Morgan fingerprint density at radius 3 is 2.88 bits per heavy atom. The Hall–Kier alpha value is -2.22. The van der Waals surface area contributed by atoms with Gasteiger partial charge in [0.05, 0.1) is 7.11 Å². The largest absolute Gasteiger partial charge is 0.481 e. The molecule has 1 aliphatic rings. The van der Waals surface area contributed by atoms with Crippen LogP contribution in [0.4, 0.5) is 10.3 Å². The summed E-state index contributed by atoms with van der Waals surface area (Å²) in [5.74, 6) is 0.673. The van der Waals surface area contributed by atoms with Crippen molar-refractivity contribution in [3.8, 4) is 5.88 Å². The van der Waals surface area contributed by atoms with E-state index >= 15 is 0 Å². The maximum absolute atomic E-state index is 13.8. The number of methoxy groups -OCH3 is 1. The molecule has 26 heavy (non-hydrogen) atoms. The number of carbonyl (C=O) groups excluding carboxylic acids is 1. The van der Waals surface area contributed by atoms with E-state index in [1.165, 1.54) is 6.07 Å². The van der Waals surface area contributed by atoms with Crippen LogP contribution in [0.2, 0.25) is 0 Å². The van der Waals surface area contributed by atoms with Gasteiger partial charge in [0.2, 0.25) is 17.7 Å². The molecule has 1 saturated heterocycles. The van der Waals surface area contributed by atoms with Gasteiger partial charge in [0, 0.05) is 47.9 Å². The summed E-state index contributed by atoms with van der Waals surface area (Å²) in [6, 6.07) is 6.40. The van der Waals surface area contributed by atoms with Crippen molar-refractivity contribution < 1.29 is 13.9 Å². The lowest BCUT2D eigenvalue weighted by molar-refractivity contribution is -0.125. The zero-order valence-corrected chi connectivity index (χ0v) is 16.0. The first-order valence-corrected chi connectivity index (χ1v) is 9.19. The van der Waals surface area contributed by atoms with Gasteiger partial charge >= 0.3 is 0 Å². The number of nitrogens with one attached hydrogen (secondary N) is 1. The molecule has 1 fully saturated rings. The van der Waals surface area contributed by atoms with Crippen molar-refractivity contribution >= 4 is 27.8 Å². The number of hydrogen-bond acceptors (Lipinski definition) is 5. The van der Waals surface area contributed by atoms with E-state index < -0.39 is 0 Å². The van der Waals surface area contributed by atoms with E-state index in [9.17, 15) is 9.18 Å². The number of anilines is 1. The Balaban J connectivity index is 1.52. The number of carbonyl (C=O) groups is 1. The van der Waals surface area contributed by atoms with Crippen molar-refractivity contribution in [2.45, 2.75) is 19.4 Å². The number of hydrogen-bond donors (Lipinski definition) is 1. The SMILES string of the molecule is COc1ccnc(N2CCC(C(=O)NCc3cc(Br)ccc3F)CC2)n1. The summed E-state index contributed by atoms with van der Waals surface area (Å²) in [4.78, 5) is 23.0. The minimum Gasteiger partial charge on any atom is -0.481 e. The standard InChI is InChI=1S/C18H20BrFN4O2/c1-26-16-4-7-21-18(23-16)24-8-5-12(6-9-24)17(25)22-11-13-10-14(19)2-3-15(13)20/h2-4,7,10,12H,5-6,8-9,11H2,1H3,(H,22,25). The number of aromatic nitrogens is 2. The van der Waals surface area contributed by atoms with Crippen molar-refractivity contribution in [2.24, 2.45) is 5.92 Å². The van der Waals surface area contributed by atoms with Gasteiger partial charge in [0.1, 0.15) is 5.82 Å². The highest BCUT2D eigenvalue weighted by molar-refractivity contribution is 9.10. The zero-order chi connectivity index (χ0) is 18.5. The average molecular weight is 423 g/mol. The highest BCUT2D eigenvalue weighted by atomic mass is 79.9. The van der Waals surface area contributed by atoms with E-state index in [2.05, 4.69) is 31.2 Å². The first-order valence-electron chi connectivity index (χ1n) is 8.40. The van der Waals surface area contributed by atoms with Crippen LogP contribution in [0.3, 0.4) is 0 Å². The van der Waals surface area contributed by atoms with Crippen molar-refractivity contribution in [1.29, 1.82) is 0 Å². The quantitative estimate of drug-likeness (QED) is 0.801. The van der Waals surface area contributed by atoms with Gasteiger partial charge in [0.25, 0.3) is 0 Å². The average Bonchev–Trinajstić information content (AvgIpc) is 2.68. The Morgan fingerprint density at radius 1 is 1.38 bits per heavy atom. The Labute approximate surface area is 159 Å². The van der Waals surface area contributed by atoms with Gasteiger partial charge in [-0.3, -0.25) is 4.79 Å². The molecular weight excluding hydrogens is 403 g/mol. The minimum atomic E-state index is -0.321. The lowest BCUT2D eigenvalue weighted by Crippen LogP contribution is -2.41. The van der Waals surface area contributed by atoms with E-state index in [4.69, 9.17) is 4.74 Å². The molecule has 1 N–H and O–H groups in total. The molecule has 0 aliphatic carbocycles. The third-order valence-electron chi connectivity index (χ3n) is 4.44. The van der Waals surface area contributed by atoms with Crippen molar-refractivity contribution in [2.75, 3.05) is 25.1 Å². The highest BCUT2D eigenvalue weighted by Gasteiger charge is 2.26. The van der Waals surface area contributed by atoms with Gasteiger partial charge in [-0.15, -0.1) is 0 Å². The van der Waals surface area contributed by atoms with Crippen LogP contribution in [-0.4, -0.2) is 36.1 Å². The smallest absolute Gasteiger partial charge is 0.228 e. The van der Waals surface area contributed by atoms with Gasteiger partial charge in [-0.25, -0.2) is 9.37 Å². The summed E-state index contributed by atoms with van der Waals surface area (Å²) >= 11 is 3.31. The summed E-state index contributed by atoms with van der Waals surface area (Å²) in [6.07, 6.45) is 3.06. The van der Waals surface area contributed by atoms with Crippen LogP contribution in [0.1, 0.15) is 18.4 Å². The topological polar surface area (TPSA) is 67.3 Å². The molecule has 0 unspecified atom stereocenters. The second kappa shape index (κ2) is 8.44. The Kier molecular flexibility index (Phi) is 6.03. The van der Waals surface area contributed by atoms with Gasteiger partial charge in [-0.05, 0) is 31.0 Å². The molecule has 2 aromatic rings. The van der Waals surface area contributed by atoms with Crippen LogP contribution in [0, 0.1) is 11.7 Å². The summed E-state index contributed by atoms with van der Waals surface area (Å²) in [6.45, 7) is 1.57. The highest BCUT2D eigenvalue weighted by Crippen LogP contribution is 2.22. The summed E-state index contributed by atoms with van der Waals surface area (Å²) in [5, 5.41) is 2.84. The maximum atomic E-state index is 13.8. The van der Waals surface area contributed by atoms with Gasteiger partial charge in [-0.2, -0.15) is 4.98 Å². The molecule has 0 bridgehead atoms. The third kappa shape index (κ3) is 4.49. The first-order chi connectivity index (χ1) is 12.6. The molecule has 0 radical (unpaired) electrons. The number of halogens is 2. The van der Waals surface area contributed by atoms with Gasteiger partial charge < -0.3 is 15.0 Å². The van der Waals surface area contributed by atoms with Crippen molar-refractivity contribution in [3.63, 3.8) is 0 Å². The summed E-state index contributed by atoms with van der Waals surface area (Å²) < 4.78 is 19.7. The van der Waals surface area contributed by atoms with Crippen molar-refractivity contribution in [1.82, 2.24) is 15.3 Å². The Bertz CT molecular complexity index is 782. The fourth-order valence-electron chi connectivity index (χ4n) is 2.95. The predicted octanol–water partition coefficient (Wildman–Crippen LogP) is 2.92. The lowest BCUT2D eigenvalue weighted by atomic mass is 9.96. The first kappa shape index (κ1) is 18.6. The molecule has 0 atom stereocenters. The number of rotatable bonds is 5. The van der Waals surface area contributed by atoms with Crippen LogP contribution in [0.5, 0.6) is 5.88 Å². The van der Waals surface area contributed by atoms with Crippen LogP contribution >= 0.6 is 15.9 Å². The molecular formula is C18H20BrFN4O2. The zero-order valence-electron chi connectivity index (χ0n) is 14.4. The number of amides is 1. The molecule has 2 heterocycles. The van der Waals surface area contributed by atoms with E-state index in [-0.39, 0.29) is 24.2 Å². The number of nitrogens with zero attached hydrogens (tertiary/aromatic N) is 3. The van der Waals surface area contributed by atoms with E-state index in [1.54, 1.807) is 31.5 Å². The molecule has 3 rings (SSSR count). The lowest BCUT2D eigenvalue weighted by Gasteiger charge is -2.31. The van der Waals surface area contributed by atoms with Crippen LogP contribution in [0.15, 0.2) is 34.9 Å². The summed E-state index contributed by atoms with van der Waals surface area (Å²) in [5.41, 5.74) is 0.468. The molecule has 1 aliphatic heterocycles. The maximum Gasteiger partial charge on any atom is 0.228 e. The third-order valence-corrected chi connectivity index (χ3v) is 4.93. The Morgan fingerprint density at radius 2 is 2.15 bits per heavy atom. The summed E-state index contributed by atoms with van der Waals surface area (Å²) in [7, 11) is 1.57. The fourth-order valence-corrected chi connectivity index (χ4v) is 3.35. The van der Waals surface area contributed by atoms with Crippen LogP contribution in [0.25, 0.3) is 0 Å². The molecule has 1 aromatic heterocycles. The van der Waals surface area contributed by atoms with E-state index in [0.29, 0.717) is 43.3 Å². The molecule has 6 nitrogen and oxygen atoms in total. The van der Waals surface area contributed by atoms with E-state index in [1.807, 2.05) is 4.90 Å². The normalized spacial score (nSPS) is 15.0. The second-order valence-electron chi connectivity index (χ2n) is 6.11. The fraction of sp³-hybridized carbons (Fsp3) is 0.389. The van der Waals surface area contributed by atoms with Crippen molar-refractivity contribution in [3.05, 3.63) is 46.3 Å². The van der Waals surface area contributed by atoms with Crippen LogP contribution in [-0.2, 0) is 11.3 Å². The number of piperidine rings is 1. The van der Waals surface area contributed by atoms with Crippen LogP contribution < -0.4 is 15.0 Å². The molecule has 1 amide bonds. The van der Waals surface area contributed by atoms with Gasteiger partial charge in [0.15, 0.2) is 0 Å². The molecule has 0 spiro atoms. The molecule has 8 heteroatoms. The predicted molar refractivity (Wildman–Crippen MR) is 99.5 cm³/mol. The molecule has 138 valence electrons. The molecule has 0 saturated carbocycles. The van der Waals surface area contributed by atoms with E-state index in [0.717, 1.165) is 4.47 Å². The molecule has 1 aromatic carbocycles. The second-order valence-corrected chi connectivity index (χ2v) is 7.03. The number of ether oxygens (including phenoxy) is 1. The minimum absolute atomic E-state index is 0.0458. The number of benzene rings is 1.